The highest BCUT2D eigenvalue weighted by atomic mass is 16.3. The van der Waals surface area contributed by atoms with Crippen molar-refractivity contribution in [2.24, 2.45) is 5.92 Å². The number of hydrogen-bond donors (Lipinski definition) is 1. The summed E-state index contributed by atoms with van der Waals surface area (Å²) in [6.45, 7) is 6.04. The lowest BCUT2D eigenvalue weighted by atomic mass is 10.1. The van der Waals surface area contributed by atoms with Crippen LogP contribution in [0.1, 0.15) is 27.2 Å². The van der Waals surface area contributed by atoms with Gasteiger partial charge >= 0.3 is 0 Å². The summed E-state index contributed by atoms with van der Waals surface area (Å²) in [5, 5.41) is 8.81. The van der Waals surface area contributed by atoms with Crippen molar-refractivity contribution in [3.63, 3.8) is 0 Å². The van der Waals surface area contributed by atoms with Crippen LogP contribution in [0.5, 0.6) is 0 Å². The van der Waals surface area contributed by atoms with Gasteiger partial charge in [-0.25, -0.2) is 0 Å². The van der Waals surface area contributed by atoms with Crippen molar-refractivity contribution in [3.05, 3.63) is 12.2 Å². The van der Waals surface area contributed by atoms with Crippen LogP contribution in [0.2, 0.25) is 0 Å². The number of aliphatic hydroxyl groups excluding tert-OH is 1. The van der Waals surface area contributed by atoms with E-state index in [0.29, 0.717) is 5.92 Å². The van der Waals surface area contributed by atoms with E-state index < -0.39 is 0 Å². The molecule has 0 aliphatic carbocycles. The molecule has 0 heterocycles. The van der Waals surface area contributed by atoms with E-state index in [-0.39, 0.29) is 6.10 Å². The molecule has 0 bridgehead atoms. The van der Waals surface area contributed by atoms with Crippen LogP contribution in [0, 0.1) is 5.92 Å². The van der Waals surface area contributed by atoms with Gasteiger partial charge in [0.2, 0.25) is 0 Å². The molecule has 0 aromatic carbocycles. The second-order valence-electron chi connectivity index (χ2n) is 2.51. The number of allylic oxidation sites excluding steroid dienone is 1. The molecular weight excluding hydrogens is 112 g/mol. The Morgan fingerprint density at radius 2 is 1.89 bits per heavy atom. The van der Waals surface area contributed by atoms with Crippen molar-refractivity contribution >= 4 is 0 Å². The van der Waals surface area contributed by atoms with Crippen LogP contribution in [0.15, 0.2) is 12.2 Å². The molecule has 1 nitrogen and oxygen atoms in total. The first-order valence-corrected chi connectivity index (χ1v) is 3.53. The normalized spacial score (nSPS) is 18.2. The van der Waals surface area contributed by atoms with Crippen LogP contribution < -0.4 is 0 Å². The fourth-order valence-electron chi connectivity index (χ4n) is 0.487. The molecule has 54 valence electrons. The molecule has 1 N–H and O–H groups in total. The molecule has 0 fully saturated rings. The summed E-state index contributed by atoms with van der Waals surface area (Å²) in [6.07, 6.45) is 4.72. The Hall–Kier alpha value is -0.300. The van der Waals surface area contributed by atoms with Crippen molar-refractivity contribution in [2.45, 2.75) is 33.3 Å². The third kappa shape index (κ3) is 5.57. The van der Waals surface area contributed by atoms with Gasteiger partial charge in [0, 0.05) is 0 Å². The zero-order chi connectivity index (χ0) is 7.28. The Bertz CT molecular complexity index is 84.6. The van der Waals surface area contributed by atoms with E-state index in [1.54, 1.807) is 6.92 Å². The molecule has 0 spiro atoms. The van der Waals surface area contributed by atoms with Gasteiger partial charge in [0.05, 0.1) is 6.10 Å². The first-order valence-electron chi connectivity index (χ1n) is 3.53. The highest BCUT2D eigenvalue weighted by Gasteiger charge is 1.91. The maximum absolute atomic E-state index is 8.81. The summed E-state index contributed by atoms with van der Waals surface area (Å²) < 4.78 is 0. The lowest BCUT2D eigenvalue weighted by Crippen LogP contribution is -1.94. The van der Waals surface area contributed by atoms with E-state index >= 15 is 0 Å². The minimum absolute atomic E-state index is 0.293. The van der Waals surface area contributed by atoms with Gasteiger partial charge in [-0.05, 0) is 12.8 Å². The molecule has 0 rings (SSSR count). The van der Waals surface area contributed by atoms with Crippen molar-refractivity contribution in [1.82, 2.24) is 0 Å². The minimum Gasteiger partial charge on any atom is -0.389 e. The van der Waals surface area contributed by atoms with Crippen molar-refractivity contribution in [2.75, 3.05) is 0 Å². The second kappa shape index (κ2) is 4.57. The molecule has 0 amide bonds. The van der Waals surface area contributed by atoms with Crippen molar-refractivity contribution < 1.29 is 5.11 Å². The summed E-state index contributed by atoms with van der Waals surface area (Å²) in [5.41, 5.74) is 0. The van der Waals surface area contributed by atoms with E-state index in [9.17, 15) is 0 Å². The third-order valence-electron chi connectivity index (χ3n) is 1.36. The maximum Gasteiger partial charge on any atom is 0.0692 e. The smallest absolute Gasteiger partial charge is 0.0692 e. The zero-order valence-electron chi connectivity index (χ0n) is 6.46. The van der Waals surface area contributed by atoms with Crippen molar-refractivity contribution in [3.8, 4) is 0 Å². The average Bonchev–Trinajstić information content (AvgIpc) is 1.83. The van der Waals surface area contributed by atoms with Gasteiger partial charge in [-0.15, -0.1) is 0 Å². The molecule has 0 radical (unpaired) electrons. The predicted molar refractivity (Wildman–Crippen MR) is 40.3 cm³/mol. The summed E-state index contributed by atoms with van der Waals surface area (Å²) >= 11 is 0. The largest absolute Gasteiger partial charge is 0.389 e. The third-order valence-corrected chi connectivity index (χ3v) is 1.36. The molecule has 0 aliphatic heterocycles. The topological polar surface area (TPSA) is 20.2 Å². The molecule has 0 saturated heterocycles. The monoisotopic (exact) mass is 128 g/mol. The van der Waals surface area contributed by atoms with Crippen LogP contribution in [0.25, 0.3) is 0 Å². The number of rotatable bonds is 3. The van der Waals surface area contributed by atoms with Gasteiger partial charge in [0.15, 0.2) is 0 Å². The van der Waals surface area contributed by atoms with E-state index in [0.717, 1.165) is 6.42 Å². The molecule has 2 unspecified atom stereocenters. The number of hydrogen-bond acceptors (Lipinski definition) is 1. The molecular formula is C8H16O. The van der Waals surface area contributed by atoms with Crippen LogP contribution >= 0.6 is 0 Å². The Labute approximate surface area is 57.4 Å². The van der Waals surface area contributed by atoms with Crippen molar-refractivity contribution in [1.29, 1.82) is 0 Å². The van der Waals surface area contributed by atoms with Crippen LogP contribution in [-0.2, 0) is 0 Å². The molecule has 0 aromatic rings. The molecule has 0 aliphatic rings. The van der Waals surface area contributed by atoms with E-state index in [1.165, 1.54) is 0 Å². The minimum atomic E-state index is -0.293. The van der Waals surface area contributed by atoms with E-state index in [2.05, 4.69) is 13.8 Å². The predicted octanol–water partition coefficient (Wildman–Crippen LogP) is 1.97. The first-order chi connectivity index (χ1) is 4.16. The van der Waals surface area contributed by atoms with Gasteiger partial charge in [-0.3, -0.25) is 0 Å². The zero-order valence-corrected chi connectivity index (χ0v) is 6.46. The van der Waals surface area contributed by atoms with E-state index in [1.807, 2.05) is 12.2 Å². The Morgan fingerprint density at radius 1 is 1.33 bits per heavy atom. The van der Waals surface area contributed by atoms with Crippen LogP contribution in [0.3, 0.4) is 0 Å². The van der Waals surface area contributed by atoms with Gasteiger partial charge in [-0.1, -0.05) is 32.4 Å². The summed E-state index contributed by atoms with van der Waals surface area (Å²) in [6, 6.07) is 0. The molecule has 1 heteroatoms. The molecule has 9 heavy (non-hydrogen) atoms. The Kier molecular flexibility index (Phi) is 4.41. The fourth-order valence-corrected chi connectivity index (χ4v) is 0.487. The van der Waals surface area contributed by atoms with Gasteiger partial charge < -0.3 is 5.11 Å². The molecule has 2 atom stereocenters. The van der Waals surface area contributed by atoms with Gasteiger partial charge in [-0.2, -0.15) is 0 Å². The van der Waals surface area contributed by atoms with Crippen LogP contribution in [0.4, 0.5) is 0 Å². The summed E-state index contributed by atoms with van der Waals surface area (Å²) in [7, 11) is 0. The summed E-state index contributed by atoms with van der Waals surface area (Å²) in [5.74, 6) is 0.597. The Balaban J connectivity index is 3.43. The van der Waals surface area contributed by atoms with E-state index in [4.69, 9.17) is 5.11 Å². The molecule has 0 aromatic heterocycles. The lowest BCUT2D eigenvalue weighted by molar-refractivity contribution is 0.243. The fraction of sp³-hybridized carbons (Fsp3) is 0.750. The quantitative estimate of drug-likeness (QED) is 0.576. The standard InChI is InChI=1S/C8H16O/c1-4-7(2)5-6-8(3)9/h5-9H,4H2,1-3H3. The highest BCUT2D eigenvalue weighted by Crippen LogP contribution is 2.02. The average molecular weight is 128 g/mol. The number of aliphatic hydroxyl groups is 1. The lowest BCUT2D eigenvalue weighted by Gasteiger charge is -1.99. The Morgan fingerprint density at radius 3 is 2.22 bits per heavy atom. The molecule has 0 saturated carbocycles. The SMILES string of the molecule is CCC(C)C=CC(C)O. The second-order valence-corrected chi connectivity index (χ2v) is 2.51. The van der Waals surface area contributed by atoms with Crippen LogP contribution in [-0.4, -0.2) is 11.2 Å². The van der Waals surface area contributed by atoms with Gasteiger partial charge in [0.1, 0.15) is 0 Å². The summed E-state index contributed by atoms with van der Waals surface area (Å²) in [4.78, 5) is 0. The van der Waals surface area contributed by atoms with Gasteiger partial charge in [0.25, 0.3) is 0 Å². The highest BCUT2D eigenvalue weighted by molar-refractivity contribution is 4.89. The first kappa shape index (κ1) is 8.70. The maximum atomic E-state index is 8.81.